The van der Waals surface area contributed by atoms with Crippen molar-refractivity contribution in [2.45, 2.75) is 45.7 Å². The zero-order valence-corrected chi connectivity index (χ0v) is 12.5. The minimum Gasteiger partial charge on any atom is -0.395 e. The third-order valence-corrected chi connectivity index (χ3v) is 6.21. The Kier molecular flexibility index (Phi) is 5.97. The van der Waals surface area contributed by atoms with Crippen LogP contribution in [-0.2, 0) is 18.4 Å². The van der Waals surface area contributed by atoms with Crippen LogP contribution in [-0.4, -0.2) is 33.6 Å². The third kappa shape index (κ3) is 4.51. The van der Waals surface area contributed by atoms with Crippen molar-refractivity contribution in [1.29, 1.82) is 0 Å². The highest BCUT2D eigenvalue weighted by molar-refractivity contribution is 6.66. The Labute approximate surface area is 109 Å². The molecular weight excluding hydrogens is 250 g/mol. The van der Waals surface area contributed by atoms with Crippen molar-refractivity contribution in [1.82, 2.24) is 5.32 Å². The van der Waals surface area contributed by atoms with Crippen LogP contribution in [0.3, 0.4) is 0 Å². The van der Waals surface area contributed by atoms with E-state index in [1.807, 2.05) is 13.8 Å². The maximum Gasteiger partial charge on any atom is 0.334 e. The number of rotatable bonds is 8. The van der Waals surface area contributed by atoms with Crippen LogP contribution in [0, 0.1) is 5.92 Å². The van der Waals surface area contributed by atoms with Gasteiger partial charge in [-0.2, -0.15) is 0 Å². The summed E-state index contributed by atoms with van der Waals surface area (Å²) in [7, 11) is -2.08. The fourth-order valence-electron chi connectivity index (χ4n) is 2.31. The fourth-order valence-corrected chi connectivity index (χ4v) is 4.75. The molecule has 1 aliphatic heterocycles. The SMILES string of the molecule is CCO[Si](C)(CCCC1CC(=O)NC1=O)OCC. The molecule has 0 spiro atoms. The van der Waals surface area contributed by atoms with E-state index in [9.17, 15) is 9.59 Å². The summed E-state index contributed by atoms with van der Waals surface area (Å²) in [5.41, 5.74) is 0. The smallest absolute Gasteiger partial charge is 0.334 e. The Hall–Kier alpha value is -0.723. The Morgan fingerprint density at radius 3 is 2.33 bits per heavy atom. The molecule has 1 N–H and O–H groups in total. The summed E-state index contributed by atoms with van der Waals surface area (Å²) in [6, 6.07) is 0.868. The largest absolute Gasteiger partial charge is 0.395 e. The summed E-state index contributed by atoms with van der Waals surface area (Å²) >= 11 is 0. The second-order valence-electron chi connectivity index (χ2n) is 4.71. The minimum absolute atomic E-state index is 0.129. The first kappa shape index (κ1) is 15.3. The van der Waals surface area contributed by atoms with Gasteiger partial charge in [0.05, 0.1) is 0 Å². The lowest BCUT2D eigenvalue weighted by Gasteiger charge is -2.26. The van der Waals surface area contributed by atoms with Gasteiger partial charge in [-0.25, -0.2) is 0 Å². The molecule has 1 saturated heterocycles. The Bertz CT molecular complexity index is 302. The molecular formula is C12H23NO4Si. The lowest BCUT2D eigenvalue weighted by atomic mass is 10.0. The van der Waals surface area contributed by atoms with Crippen molar-refractivity contribution in [3.05, 3.63) is 0 Å². The molecule has 1 rings (SSSR count). The number of amides is 2. The van der Waals surface area contributed by atoms with E-state index in [1.165, 1.54) is 0 Å². The molecule has 0 aromatic carbocycles. The fraction of sp³-hybridized carbons (Fsp3) is 0.833. The van der Waals surface area contributed by atoms with Crippen LogP contribution in [0.2, 0.25) is 12.6 Å². The van der Waals surface area contributed by atoms with E-state index in [2.05, 4.69) is 11.9 Å². The van der Waals surface area contributed by atoms with Gasteiger partial charge in [-0.15, -0.1) is 0 Å². The van der Waals surface area contributed by atoms with Crippen LogP contribution < -0.4 is 5.32 Å². The highest BCUT2D eigenvalue weighted by Gasteiger charge is 2.33. The van der Waals surface area contributed by atoms with E-state index in [0.29, 0.717) is 19.6 Å². The van der Waals surface area contributed by atoms with E-state index < -0.39 is 8.56 Å². The Morgan fingerprint density at radius 1 is 1.28 bits per heavy atom. The van der Waals surface area contributed by atoms with E-state index in [-0.39, 0.29) is 17.7 Å². The van der Waals surface area contributed by atoms with E-state index in [1.54, 1.807) is 0 Å². The average molecular weight is 273 g/mol. The van der Waals surface area contributed by atoms with Crippen LogP contribution in [0.5, 0.6) is 0 Å². The van der Waals surface area contributed by atoms with Crippen molar-refractivity contribution in [2.75, 3.05) is 13.2 Å². The summed E-state index contributed by atoms with van der Waals surface area (Å²) in [5, 5.41) is 2.34. The topological polar surface area (TPSA) is 64.6 Å². The summed E-state index contributed by atoms with van der Waals surface area (Å²) < 4.78 is 11.5. The number of hydrogen-bond acceptors (Lipinski definition) is 4. The van der Waals surface area contributed by atoms with Gasteiger partial charge in [-0.3, -0.25) is 14.9 Å². The lowest BCUT2D eigenvalue weighted by molar-refractivity contribution is -0.125. The van der Waals surface area contributed by atoms with Crippen molar-refractivity contribution >= 4 is 20.4 Å². The van der Waals surface area contributed by atoms with Crippen LogP contribution in [0.4, 0.5) is 0 Å². The molecule has 1 heterocycles. The standard InChI is InChI=1S/C12H23NO4Si/c1-4-16-18(3,17-5-2)8-6-7-10-9-11(14)13-12(10)15/h10H,4-9H2,1-3H3,(H,13,14,15). The molecule has 1 aliphatic rings. The maximum atomic E-state index is 11.4. The van der Waals surface area contributed by atoms with Gasteiger partial charge in [0.15, 0.2) is 0 Å². The summed E-state index contributed by atoms with van der Waals surface area (Å²) in [4.78, 5) is 22.5. The number of nitrogens with one attached hydrogen (secondary N) is 1. The van der Waals surface area contributed by atoms with Crippen LogP contribution in [0.15, 0.2) is 0 Å². The van der Waals surface area contributed by atoms with E-state index in [4.69, 9.17) is 8.85 Å². The highest BCUT2D eigenvalue weighted by atomic mass is 28.4. The van der Waals surface area contributed by atoms with E-state index >= 15 is 0 Å². The molecule has 1 atom stereocenters. The van der Waals surface area contributed by atoms with Gasteiger partial charge in [0.25, 0.3) is 0 Å². The van der Waals surface area contributed by atoms with Gasteiger partial charge < -0.3 is 8.85 Å². The molecule has 6 heteroatoms. The maximum absolute atomic E-state index is 11.4. The predicted molar refractivity (Wildman–Crippen MR) is 70.2 cm³/mol. The second kappa shape index (κ2) is 7.01. The van der Waals surface area contributed by atoms with Gasteiger partial charge in [-0.05, 0) is 32.9 Å². The zero-order valence-electron chi connectivity index (χ0n) is 11.5. The normalized spacial score (nSPS) is 20.3. The first-order valence-corrected chi connectivity index (χ1v) is 9.14. The number of hydrogen-bond donors (Lipinski definition) is 1. The highest BCUT2D eigenvalue weighted by Crippen LogP contribution is 2.23. The molecule has 2 amide bonds. The van der Waals surface area contributed by atoms with Crippen LogP contribution in [0.1, 0.15) is 33.1 Å². The van der Waals surface area contributed by atoms with Crippen molar-refractivity contribution in [3.8, 4) is 0 Å². The number of imide groups is 1. The van der Waals surface area contributed by atoms with Crippen molar-refractivity contribution in [3.63, 3.8) is 0 Å². The summed E-state index contributed by atoms with van der Waals surface area (Å²) in [6.07, 6.45) is 1.94. The number of carbonyl (C=O) groups excluding carboxylic acids is 2. The molecule has 0 radical (unpaired) electrons. The quantitative estimate of drug-likeness (QED) is 0.538. The Balaban J connectivity index is 2.34. The zero-order chi connectivity index (χ0) is 13.6. The molecule has 1 unspecified atom stereocenters. The lowest BCUT2D eigenvalue weighted by Crippen LogP contribution is -2.38. The second-order valence-corrected chi connectivity index (χ2v) is 8.05. The monoisotopic (exact) mass is 273 g/mol. The molecule has 18 heavy (non-hydrogen) atoms. The van der Waals surface area contributed by atoms with Gasteiger partial charge in [0, 0.05) is 25.6 Å². The molecule has 0 aromatic heterocycles. The molecule has 0 aliphatic carbocycles. The molecule has 0 aromatic rings. The van der Waals surface area contributed by atoms with Gasteiger partial charge in [0.2, 0.25) is 11.8 Å². The first-order valence-electron chi connectivity index (χ1n) is 6.62. The minimum atomic E-state index is -2.08. The van der Waals surface area contributed by atoms with Gasteiger partial charge in [-0.1, -0.05) is 6.42 Å². The van der Waals surface area contributed by atoms with Crippen molar-refractivity contribution < 1.29 is 18.4 Å². The predicted octanol–water partition coefficient (Wildman–Crippen LogP) is 1.57. The third-order valence-electron chi connectivity index (χ3n) is 3.15. The molecule has 1 fully saturated rings. The molecule has 5 nitrogen and oxygen atoms in total. The van der Waals surface area contributed by atoms with E-state index in [0.717, 1.165) is 18.9 Å². The first-order chi connectivity index (χ1) is 8.50. The van der Waals surface area contributed by atoms with Crippen molar-refractivity contribution in [2.24, 2.45) is 5.92 Å². The van der Waals surface area contributed by atoms with Gasteiger partial charge >= 0.3 is 8.56 Å². The molecule has 0 bridgehead atoms. The number of carbonyl (C=O) groups is 2. The Morgan fingerprint density at radius 2 is 1.89 bits per heavy atom. The summed E-state index contributed by atoms with van der Waals surface area (Å²) in [5.74, 6) is -0.435. The summed E-state index contributed by atoms with van der Waals surface area (Å²) in [6.45, 7) is 7.30. The molecule has 104 valence electrons. The average Bonchev–Trinajstić information content (AvgIpc) is 2.58. The van der Waals surface area contributed by atoms with Crippen LogP contribution >= 0.6 is 0 Å². The van der Waals surface area contributed by atoms with Crippen LogP contribution in [0.25, 0.3) is 0 Å². The molecule has 0 saturated carbocycles. The van der Waals surface area contributed by atoms with Gasteiger partial charge in [0.1, 0.15) is 0 Å².